The molecule has 0 bridgehead atoms. The smallest absolute Gasteiger partial charge is 0.410 e. The predicted molar refractivity (Wildman–Crippen MR) is 65.9 cm³/mol. The summed E-state index contributed by atoms with van der Waals surface area (Å²) in [6, 6.07) is -0.0394. The summed E-state index contributed by atoms with van der Waals surface area (Å²) in [5.41, 5.74) is -0.489. The molecule has 0 aliphatic carbocycles. The zero-order chi connectivity index (χ0) is 13.1. The Labute approximate surface area is 103 Å². The van der Waals surface area contributed by atoms with E-state index in [0.717, 1.165) is 13.0 Å². The topological polar surface area (TPSA) is 61.8 Å². The molecule has 5 heteroatoms. The fourth-order valence-corrected chi connectivity index (χ4v) is 1.79. The van der Waals surface area contributed by atoms with Crippen LogP contribution >= 0.6 is 0 Å². The molecule has 0 radical (unpaired) electrons. The van der Waals surface area contributed by atoms with Gasteiger partial charge < -0.3 is 20.1 Å². The number of carbonyl (C=O) groups is 1. The number of nitrogens with one attached hydrogen (secondary N) is 1. The number of amides is 1. The maximum Gasteiger partial charge on any atom is 0.410 e. The second-order valence-electron chi connectivity index (χ2n) is 5.51. The Bertz CT molecular complexity index is 263. The molecule has 2 atom stereocenters. The van der Waals surface area contributed by atoms with Crippen molar-refractivity contribution in [1.29, 1.82) is 0 Å². The molecule has 17 heavy (non-hydrogen) atoms. The van der Waals surface area contributed by atoms with Crippen molar-refractivity contribution in [3.63, 3.8) is 0 Å². The lowest BCUT2D eigenvalue weighted by Crippen LogP contribution is -2.40. The van der Waals surface area contributed by atoms with E-state index in [4.69, 9.17) is 4.74 Å². The van der Waals surface area contributed by atoms with E-state index in [1.54, 1.807) is 4.90 Å². The van der Waals surface area contributed by atoms with Gasteiger partial charge in [-0.3, -0.25) is 0 Å². The summed E-state index contributed by atoms with van der Waals surface area (Å²) < 4.78 is 5.27. The standard InChI is InChI=1S/C12H24N2O3/c1-5-6-13-9-7-14(8-10(9)15)11(16)17-12(2,3)4/h9-10,13,15H,5-8H2,1-4H3. The Morgan fingerprint density at radius 2 is 2.12 bits per heavy atom. The van der Waals surface area contributed by atoms with Crippen LogP contribution in [0.3, 0.4) is 0 Å². The van der Waals surface area contributed by atoms with Gasteiger partial charge in [0.05, 0.1) is 18.7 Å². The van der Waals surface area contributed by atoms with Crippen molar-refractivity contribution in [1.82, 2.24) is 10.2 Å². The molecule has 0 spiro atoms. The Morgan fingerprint density at radius 3 is 2.65 bits per heavy atom. The number of ether oxygens (including phenoxy) is 1. The van der Waals surface area contributed by atoms with Crippen LogP contribution < -0.4 is 5.32 Å². The molecule has 2 N–H and O–H groups in total. The molecule has 1 saturated heterocycles. The lowest BCUT2D eigenvalue weighted by atomic mass is 10.2. The summed E-state index contributed by atoms with van der Waals surface area (Å²) in [5, 5.41) is 13.1. The van der Waals surface area contributed by atoms with Gasteiger partial charge in [0, 0.05) is 6.54 Å². The number of likely N-dealkylation sites (tertiary alicyclic amines) is 1. The minimum Gasteiger partial charge on any atom is -0.444 e. The van der Waals surface area contributed by atoms with Gasteiger partial charge in [0.2, 0.25) is 0 Å². The van der Waals surface area contributed by atoms with Gasteiger partial charge in [-0.2, -0.15) is 0 Å². The number of aliphatic hydroxyl groups excluding tert-OH is 1. The molecule has 5 nitrogen and oxygen atoms in total. The average molecular weight is 244 g/mol. The van der Waals surface area contributed by atoms with E-state index in [-0.39, 0.29) is 12.1 Å². The highest BCUT2D eigenvalue weighted by molar-refractivity contribution is 5.68. The van der Waals surface area contributed by atoms with E-state index in [9.17, 15) is 9.90 Å². The third-order valence-electron chi connectivity index (χ3n) is 2.60. The lowest BCUT2D eigenvalue weighted by Gasteiger charge is -2.24. The molecule has 1 fully saturated rings. The summed E-state index contributed by atoms with van der Waals surface area (Å²) in [6.07, 6.45) is 0.154. The van der Waals surface area contributed by atoms with Crippen LogP contribution in [0.4, 0.5) is 4.79 Å². The van der Waals surface area contributed by atoms with E-state index >= 15 is 0 Å². The lowest BCUT2D eigenvalue weighted by molar-refractivity contribution is 0.0270. The van der Waals surface area contributed by atoms with Crippen LogP contribution in [0.25, 0.3) is 0 Å². The van der Waals surface area contributed by atoms with Gasteiger partial charge in [0.15, 0.2) is 0 Å². The normalized spacial score (nSPS) is 25.1. The fraction of sp³-hybridized carbons (Fsp3) is 0.917. The number of carbonyl (C=O) groups excluding carboxylic acids is 1. The number of rotatable bonds is 3. The van der Waals surface area contributed by atoms with Gasteiger partial charge >= 0.3 is 6.09 Å². The van der Waals surface area contributed by atoms with Gasteiger partial charge in [0.25, 0.3) is 0 Å². The van der Waals surface area contributed by atoms with Crippen LogP contribution in [-0.2, 0) is 4.74 Å². The zero-order valence-corrected chi connectivity index (χ0v) is 11.2. The summed E-state index contributed by atoms with van der Waals surface area (Å²) in [5.74, 6) is 0. The van der Waals surface area contributed by atoms with Gasteiger partial charge in [-0.1, -0.05) is 6.92 Å². The van der Waals surface area contributed by atoms with Crippen molar-refractivity contribution in [2.45, 2.75) is 51.9 Å². The molecule has 1 aliphatic rings. The highest BCUT2D eigenvalue weighted by Crippen LogP contribution is 2.15. The molecule has 1 amide bonds. The van der Waals surface area contributed by atoms with E-state index in [2.05, 4.69) is 12.2 Å². The fourth-order valence-electron chi connectivity index (χ4n) is 1.79. The summed E-state index contributed by atoms with van der Waals surface area (Å²) in [4.78, 5) is 13.3. The third-order valence-corrected chi connectivity index (χ3v) is 2.60. The maximum absolute atomic E-state index is 11.8. The Balaban J connectivity index is 2.45. The van der Waals surface area contributed by atoms with Crippen molar-refractivity contribution < 1.29 is 14.6 Å². The molecule has 100 valence electrons. The number of hydrogen-bond acceptors (Lipinski definition) is 4. The number of nitrogens with zero attached hydrogens (tertiary/aromatic N) is 1. The minimum absolute atomic E-state index is 0.0394. The molecular formula is C12H24N2O3. The molecule has 0 aromatic rings. The first-order chi connectivity index (χ1) is 7.83. The van der Waals surface area contributed by atoms with Crippen LogP contribution in [0.5, 0.6) is 0 Å². The monoisotopic (exact) mass is 244 g/mol. The summed E-state index contributed by atoms with van der Waals surface area (Å²) in [7, 11) is 0. The van der Waals surface area contributed by atoms with Gasteiger partial charge in [-0.25, -0.2) is 4.79 Å². The van der Waals surface area contributed by atoms with Crippen molar-refractivity contribution >= 4 is 6.09 Å². The Hall–Kier alpha value is -0.810. The average Bonchev–Trinajstić information content (AvgIpc) is 2.54. The van der Waals surface area contributed by atoms with Crippen molar-refractivity contribution in [3.05, 3.63) is 0 Å². The van der Waals surface area contributed by atoms with Gasteiger partial charge in [-0.05, 0) is 33.7 Å². The molecule has 1 aliphatic heterocycles. The Morgan fingerprint density at radius 1 is 1.47 bits per heavy atom. The minimum atomic E-state index is -0.505. The van der Waals surface area contributed by atoms with Crippen molar-refractivity contribution in [2.24, 2.45) is 0 Å². The quantitative estimate of drug-likeness (QED) is 0.776. The first kappa shape index (κ1) is 14.3. The second kappa shape index (κ2) is 5.69. The van der Waals surface area contributed by atoms with E-state index < -0.39 is 11.7 Å². The number of aliphatic hydroxyl groups is 1. The van der Waals surface area contributed by atoms with Crippen LogP contribution in [-0.4, -0.2) is 53.5 Å². The molecule has 1 heterocycles. The van der Waals surface area contributed by atoms with Crippen LogP contribution in [0.15, 0.2) is 0 Å². The largest absolute Gasteiger partial charge is 0.444 e. The summed E-state index contributed by atoms with van der Waals surface area (Å²) in [6.45, 7) is 9.29. The summed E-state index contributed by atoms with van der Waals surface area (Å²) >= 11 is 0. The van der Waals surface area contributed by atoms with Gasteiger partial charge in [-0.15, -0.1) is 0 Å². The SMILES string of the molecule is CCCNC1CN(C(=O)OC(C)(C)C)CC1O. The second-order valence-corrected chi connectivity index (χ2v) is 5.51. The van der Waals surface area contributed by atoms with E-state index in [1.807, 2.05) is 20.8 Å². The van der Waals surface area contributed by atoms with Crippen molar-refractivity contribution in [3.8, 4) is 0 Å². The van der Waals surface area contributed by atoms with Crippen LogP contribution in [0.2, 0.25) is 0 Å². The van der Waals surface area contributed by atoms with E-state index in [0.29, 0.717) is 13.1 Å². The highest BCUT2D eigenvalue weighted by Gasteiger charge is 2.35. The molecular weight excluding hydrogens is 220 g/mol. The maximum atomic E-state index is 11.8. The highest BCUT2D eigenvalue weighted by atomic mass is 16.6. The van der Waals surface area contributed by atoms with E-state index in [1.165, 1.54) is 0 Å². The zero-order valence-electron chi connectivity index (χ0n) is 11.2. The molecule has 1 rings (SSSR count). The van der Waals surface area contributed by atoms with Gasteiger partial charge in [0.1, 0.15) is 5.60 Å². The van der Waals surface area contributed by atoms with Crippen LogP contribution in [0, 0.1) is 0 Å². The molecule has 0 aromatic heterocycles. The molecule has 0 aromatic carbocycles. The molecule has 2 unspecified atom stereocenters. The first-order valence-electron chi connectivity index (χ1n) is 6.23. The third kappa shape index (κ3) is 4.52. The number of β-amino-alcohol motifs (C(OH)–C–C–N with tert-alkyl or cyclic N) is 1. The van der Waals surface area contributed by atoms with Crippen LogP contribution in [0.1, 0.15) is 34.1 Å². The molecule has 0 saturated carbocycles. The number of hydrogen-bond donors (Lipinski definition) is 2. The Kier molecular flexibility index (Phi) is 4.77. The van der Waals surface area contributed by atoms with Crippen molar-refractivity contribution in [2.75, 3.05) is 19.6 Å². The predicted octanol–water partition coefficient (Wildman–Crippen LogP) is 0.966. The first-order valence-corrected chi connectivity index (χ1v) is 6.23.